The van der Waals surface area contributed by atoms with Crippen LogP contribution in [-0.4, -0.2) is 157 Å². The van der Waals surface area contributed by atoms with Gasteiger partial charge in [0.15, 0.2) is 5.96 Å². The van der Waals surface area contributed by atoms with Gasteiger partial charge in [-0.25, -0.2) is 14.8 Å². The van der Waals surface area contributed by atoms with Crippen molar-refractivity contribution < 1.29 is 53.4 Å². The summed E-state index contributed by atoms with van der Waals surface area (Å²) < 4.78 is 0. The van der Waals surface area contributed by atoms with Crippen LogP contribution in [-0.2, 0) is 62.4 Å². The lowest BCUT2D eigenvalue weighted by molar-refractivity contribution is -0.143. The zero-order valence-corrected chi connectivity index (χ0v) is 41.5. The minimum Gasteiger partial charge on any atom is -0.480 e. The summed E-state index contributed by atoms with van der Waals surface area (Å²) in [6.07, 6.45) is 4.59. The number of carbonyl (C=O) groups is 9. The van der Waals surface area contributed by atoms with Crippen molar-refractivity contribution >= 4 is 59.2 Å². The topological polar surface area (TPSA) is 438 Å². The number of carbonyl (C=O) groups excluding carboxylic acids is 8. The number of aliphatic imine (C=N–C) groups is 1. The average Bonchev–Trinajstić information content (AvgIpc) is 4.07. The highest BCUT2D eigenvalue weighted by atomic mass is 16.4. The van der Waals surface area contributed by atoms with E-state index in [2.05, 4.69) is 67.5 Å². The Bertz CT molecular complexity index is 2310. The summed E-state index contributed by atoms with van der Waals surface area (Å²) in [6, 6.07) is -0.596. The number of rotatable bonds is 31. The van der Waals surface area contributed by atoms with Crippen LogP contribution in [0.5, 0.6) is 0 Å². The van der Waals surface area contributed by atoms with E-state index in [0.717, 1.165) is 0 Å². The molecule has 27 nitrogen and oxygen atoms in total. The molecule has 0 aliphatic rings. The lowest BCUT2D eigenvalue weighted by Crippen LogP contribution is -2.60. The van der Waals surface area contributed by atoms with Crippen LogP contribution >= 0.6 is 0 Å². The molecule has 0 bridgehead atoms. The third-order valence-corrected chi connectivity index (χ3v) is 11.4. The van der Waals surface area contributed by atoms with E-state index in [-0.39, 0.29) is 44.6 Å². The first-order chi connectivity index (χ1) is 34.6. The minimum absolute atomic E-state index is 0.0326. The predicted molar refractivity (Wildman–Crippen MR) is 264 cm³/mol. The maximum atomic E-state index is 14.1. The van der Waals surface area contributed by atoms with Crippen molar-refractivity contribution in [2.45, 2.75) is 122 Å². The molecule has 0 spiro atoms. The Hall–Kier alpha value is -7.94. The van der Waals surface area contributed by atoms with E-state index in [1.807, 2.05) is 0 Å². The summed E-state index contributed by atoms with van der Waals surface area (Å²) >= 11 is 0. The molecule has 18 N–H and O–H groups in total. The van der Waals surface area contributed by atoms with Crippen LogP contribution in [0.3, 0.4) is 0 Å². The van der Waals surface area contributed by atoms with Crippen LogP contribution < -0.4 is 59.7 Å². The average molecular weight is 1020 g/mol. The summed E-state index contributed by atoms with van der Waals surface area (Å²) in [6.45, 7) is 6.69. The minimum atomic E-state index is -1.55. The second-order valence-electron chi connectivity index (χ2n) is 17.7. The second kappa shape index (κ2) is 30.1. The van der Waals surface area contributed by atoms with E-state index < -0.39 is 127 Å². The van der Waals surface area contributed by atoms with Gasteiger partial charge < -0.3 is 79.9 Å². The van der Waals surface area contributed by atoms with Gasteiger partial charge in [0.1, 0.15) is 36.3 Å². The number of hydrogen-bond donors (Lipinski definition) is 15. The number of amides is 8. The Labute approximate surface area is 421 Å². The van der Waals surface area contributed by atoms with Crippen LogP contribution in [0.25, 0.3) is 0 Å². The third-order valence-electron chi connectivity index (χ3n) is 11.4. The van der Waals surface area contributed by atoms with E-state index in [1.54, 1.807) is 58.0 Å². The zero-order chi connectivity index (χ0) is 54.2. The molecule has 2 heterocycles. The summed E-state index contributed by atoms with van der Waals surface area (Å²) in [7, 11) is 0. The van der Waals surface area contributed by atoms with E-state index in [0.29, 0.717) is 23.4 Å². The van der Waals surface area contributed by atoms with Gasteiger partial charge >= 0.3 is 5.97 Å². The molecule has 1 aromatic carbocycles. The van der Waals surface area contributed by atoms with E-state index in [4.69, 9.17) is 17.2 Å². The summed E-state index contributed by atoms with van der Waals surface area (Å²) in [5.74, 6) is -9.05. The normalized spacial score (nSPS) is 14.7. The molecule has 8 amide bonds. The number of nitrogens with one attached hydrogen (secondary N) is 10. The van der Waals surface area contributed by atoms with E-state index in [1.165, 1.54) is 32.0 Å². The lowest BCUT2D eigenvalue weighted by Gasteiger charge is -2.27. The number of H-pyrrole nitrogens is 2. The van der Waals surface area contributed by atoms with Gasteiger partial charge in [0.05, 0.1) is 37.9 Å². The molecule has 9 atom stereocenters. The number of hydrogen-bond acceptors (Lipinski definition) is 14. The van der Waals surface area contributed by atoms with Crippen LogP contribution in [0.1, 0.15) is 70.8 Å². The number of imidazole rings is 2. The first kappa shape index (κ1) is 59.4. The highest BCUT2D eigenvalue weighted by Gasteiger charge is 2.34. The number of aliphatic hydroxyl groups is 1. The molecule has 73 heavy (non-hydrogen) atoms. The molecule has 0 saturated heterocycles. The fraction of sp³-hybridized carbons (Fsp3) is 0.522. The number of carboxylic acid groups (broad SMARTS) is 1. The van der Waals surface area contributed by atoms with Crippen molar-refractivity contribution in [3.63, 3.8) is 0 Å². The Morgan fingerprint density at radius 2 is 1.16 bits per heavy atom. The largest absolute Gasteiger partial charge is 0.480 e. The molecule has 0 aliphatic heterocycles. The van der Waals surface area contributed by atoms with Crippen molar-refractivity contribution in [2.24, 2.45) is 34.0 Å². The summed E-state index contributed by atoms with van der Waals surface area (Å²) in [5, 5.41) is 40.2. The first-order valence-electron chi connectivity index (χ1n) is 23.7. The van der Waals surface area contributed by atoms with Gasteiger partial charge in [-0.1, -0.05) is 64.4 Å². The third kappa shape index (κ3) is 20.7. The number of aromatic amines is 2. The second-order valence-corrected chi connectivity index (χ2v) is 17.7. The zero-order valence-electron chi connectivity index (χ0n) is 41.5. The molecule has 0 unspecified atom stereocenters. The Kier molecular flexibility index (Phi) is 24.4. The molecule has 0 aliphatic carbocycles. The first-order valence-corrected chi connectivity index (χ1v) is 23.7. The number of aliphatic hydroxyl groups excluding tert-OH is 1. The van der Waals surface area contributed by atoms with Crippen LogP contribution in [0.15, 0.2) is 60.4 Å². The fourth-order valence-corrected chi connectivity index (χ4v) is 7.09. The standard InChI is InChI=1S/C46H70N16O11/c1-6-25(4)37(45(72)73)61-35(65)21-53-40(67)31(13-10-14-52-46(48)49)57-42(69)32(15-27-11-8-7-9-12-27)58-43(70)36(24(2)3)60-34(64)20-54-41(68)33(17-29-19-51-23-56-29)59-44(71)38(26(5)63)62-39(66)30(47)16-28-18-50-22-55-28/h7-9,11-12,18-19,22-26,30-33,36-38,63H,6,10,13-17,20-21,47H2,1-5H3,(H,50,55)(H,51,56)(H,53,67)(H,54,68)(H,57,69)(H,58,70)(H,59,71)(H,60,64)(H,61,65)(H,62,66)(H,72,73)(H4,48,49,52)/t25-,26+,30-,31-,32-,33-,36-,37-,38-/m0/s1. The van der Waals surface area contributed by atoms with Crippen LogP contribution in [0.2, 0.25) is 0 Å². The number of nitrogens with two attached hydrogens (primary N) is 3. The molecule has 3 aromatic rings. The summed E-state index contributed by atoms with van der Waals surface area (Å²) in [4.78, 5) is 137. The molecular formula is C46H70N16O11. The maximum Gasteiger partial charge on any atom is 0.326 e. The Morgan fingerprint density at radius 1 is 0.644 bits per heavy atom. The number of benzene rings is 1. The molecule has 27 heteroatoms. The number of guanidine groups is 1. The van der Waals surface area contributed by atoms with Crippen molar-refractivity contribution in [1.82, 2.24) is 62.5 Å². The predicted octanol–water partition coefficient (Wildman–Crippen LogP) is -4.15. The van der Waals surface area contributed by atoms with Crippen molar-refractivity contribution in [1.29, 1.82) is 0 Å². The number of aliphatic carboxylic acids is 1. The number of carboxylic acids is 1. The highest BCUT2D eigenvalue weighted by Crippen LogP contribution is 2.11. The highest BCUT2D eigenvalue weighted by molar-refractivity contribution is 5.97. The summed E-state index contributed by atoms with van der Waals surface area (Å²) in [5.41, 5.74) is 18.5. The number of nitrogens with zero attached hydrogens (tertiary/aromatic N) is 3. The maximum absolute atomic E-state index is 14.1. The van der Waals surface area contributed by atoms with Gasteiger partial charge in [-0.05, 0) is 37.2 Å². The molecule has 400 valence electrons. The fourth-order valence-electron chi connectivity index (χ4n) is 7.09. The smallest absolute Gasteiger partial charge is 0.326 e. The lowest BCUT2D eigenvalue weighted by atomic mass is 9.99. The molecule has 2 aromatic heterocycles. The van der Waals surface area contributed by atoms with Crippen molar-refractivity contribution in [3.8, 4) is 0 Å². The Balaban J connectivity index is 1.75. The monoisotopic (exact) mass is 1020 g/mol. The van der Waals surface area contributed by atoms with Crippen molar-refractivity contribution in [2.75, 3.05) is 19.6 Å². The molecule has 0 saturated carbocycles. The van der Waals surface area contributed by atoms with Gasteiger partial charge in [-0.15, -0.1) is 0 Å². The van der Waals surface area contributed by atoms with Crippen molar-refractivity contribution in [3.05, 3.63) is 72.3 Å². The number of aromatic nitrogens is 4. The van der Waals surface area contributed by atoms with Gasteiger partial charge in [-0.3, -0.25) is 43.3 Å². The molecule has 3 rings (SSSR count). The quantitative estimate of drug-likeness (QED) is 0.0165. The van der Waals surface area contributed by atoms with Gasteiger partial charge in [-0.2, -0.15) is 0 Å². The molecule has 0 radical (unpaired) electrons. The van der Waals surface area contributed by atoms with E-state index >= 15 is 0 Å². The van der Waals surface area contributed by atoms with Crippen LogP contribution in [0, 0.1) is 11.8 Å². The van der Waals surface area contributed by atoms with Gasteiger partial charge in [0, 0.05) is 49.6 Å². The van der Waals surface area contributed by atoms with E-state index in [9.17, 15) is 53.4 Å². The van der Waals surface area contributed by atoms with Crippen LogP contribution in [0.4, 0.5) is 0 Å². The Morgan fingerprint density at radius 3 is 1.67 bits per heavy atom. The SMILES string of the molecule is CC[C@H](C)[C@H](NC(=O)CNC(=O)[C@H](CCCN=C(N)N)NC(=O)[C@H](Cc1ccccc1)NC(=O)[C@@H](NC(=O)CNC(=O)[C@H](Cc1cnc[nH]1)NC(=O)[C@@H](NC(=O)[C@@H](N)Cc1cnc[nH]1)[C@@H](C)O)C(C)C)C(=O)O. The van der Waals surface area contributed by atoms with Gasteiger partial charge in [0.2, 0.25) is 47.3 Å². The van der Waals surface area contributed by atoms with Gasteiger partial charge in [0.25, 0.3) is 0 Å². The molecular weight excluding hydrogens is 953 g/mol. The molecule has 0 fully saturated rings.